The van der Waals surface area contributed by atoms with Crippen molar-refractivity contribution < 1.29 is 9.53 Å². The Morgan fingerprint density at radius 2 is 1.88 bits per heavy atom. The number of benzene rings is 1. The summed E-state index contributed by atoms with van der Waals surface area (Å²) in [6.07, 6.45) is 1.19. The molecule has 6 heteroatoms. The van der Waals surface area contributed by atoms with E-state index in [-0.39, 0.29) is 12.0 Å². The number of pyridine rings is 2. The maximum atomic E-state index is 12.3. The van der Waals surface area contributed by atoms with Crippen LogP contribution in [0.5, 0.6) is 0 Å². The summed E-state index contributed by atoms with van der Waals surface area (Å²) in [6.45, 7) is 5.86. The normalized spacial score (nSPS) is 12.2. The van der Waals surface area contributed by atoms with Crippen LogP contribution in [0.2, 0.25) is 5.15 Å². The Morgan fingerprint density at radius 3 is 2.58 bits per heavy atom. The summed E-state index contributed by atoms with van der Waals surface area (Å²) in [6, 6.07) is 12.7. The fourth-order valence-electron chi connectivity index (χ4n) is 2.60. The van der Waals surface area contributed by atoms with Crippen molar-refractivity contribution in [1.82, 2.24) is 9.97 Å². The Morgan fingerprint density at radius 1 is 1.15 bits per heavy atom. The van der Waals surface area contributed by atoms with Crippen LogP contribution in [-0.4, -0.2) is 22.0 Å². The van der Waals surface area contributed by atoms with Gasteiger partial charge in [0.05, 0.1) is 11.3 Å². The van der Waals surface area contributed by atoms with Crippen LogP contribution in [-0.2, 0) is 4.74 Å². The van der Waals surface area contributed by atoms with Crippen LogP contribution in [0, 0.1) is 0 Å². The van der Waals surface area contributed by atoms with Gasteiger partial charge in [0, 0.05) is 23.0 Å². The largest absolute Gasteiger partial charge is 0.453 e. The van der Waals surface area contributed by atoms with Crippen molar-refractivity contribution >= 4 is 34.2 Å². The summed E-state index contributed by atoms with van der Waals surface area (Å²) in [7, 11) is 0. The standard InChI is InChI=1S/C20H20ClN3O2/c1-12(2)23-19-16-10-18(21)22-11-15(16)9-17(24-19)13(3)26-20(25)14-7-5-4-6-8-14/h4-13H,1-3H3,(H,23,24). The third kappa shape index (κ3) is 4.11. The van der Waals surface area contributed by atoms with Crippen LogP contribution in [0.15, 0.2) is 48.7 Å². The Hall–Kier alpha value is -2.66. The van der Waals surface area contributed by atoms with Gasteiger partial charge in [-0.25, -0.2) is 14.8 Å². The first-order valence-electron chi connectivity index (χ1n) is 8.43. The first kappa shape index (κ1) is 18.1. The predicted octanol–water partition coefficient (Wildman–Crippen LogP) is 5.02. The molecule has 0 radical (unpaired) electrons. The molecule has 1 aromatic carbocycles. The molecule has 3 aromatic rings. The summed E-state index contributed by atoms with van der Waals surface area (Å²) in [5.41, 5.74) is 1.16. The number of aromatic nitrogens is 2. The van der Waals surface area contributed by atoms with Crippen LogP contribution in [0.25, 0.3) is 10.8 Å². The number of carbonyl (C=O) groups is 1. The van der Waals surface area contributed by atoms with Crippen molar-refractivity contribution in [3.63, 3.8) is 0 Å². The Bertz CT molecular complexity index is 929. The van der Waals surface area contributed by atoms with Gasteiger partial charge in [-0.1, -0.05) is 29.8 Å². The molecule has 0 aliphatic heterocycles. The predicted molar refractivity (Wildman–Crippen MR) is 104 cm³/mol. The molecule has 1 N–H and O–H groups in total. The zero-order chi connectivity index (χ0) is 18.7. The number of anilines is 1. The quantitative estimate of drug-likeness (QED) is 0.505. The van der Waals surface area contributed by atoms with Crippen LogP contribution in [0.4, 0.5) is 5.82 Å². The minimum absolute atomic E-state index is 0.190. The van der Waals surface area contributed by atoms with E-state index in [2.05, 4.69) is 15.3 Å². The lowest BCUT2D eigenvalue weighted by atomic mass is 10.1. The third-order valence-electron chi connectivity index (χ3n) is 3.84. The van der Waals surface area contributed by atoms with Gasteiger partial charge in [0.25, 0.3) is 0 Å². The highest BCUT2D eigenvalue weighted by atomic mass is 35.5. The first-order valence-corrected chi connectivity index (χ1v) is 8.80. The van der Waals surface area contributed by atoms with Crippen molar-refractivity contribution in [3.05, 3.63) is 65.1 Å². The number of halogens is 1. The minimum atomic E-state index is -0.504. The zero-order valence-corrected chi connectivity index (χ0v) is 15.6. The molecular weight excluding hydrogens is 350 g/mol. The molecule has 2 heterocycles. The van der Waals surface area contributed by atoms with Gasteiger partial charge in [-0.2, -0.15) is 0 Å². The molecule has 0 bridgehead atoms. The molecule has 1 atom stereocenters. The molecule has 0 fully saturated rings. The van der Waals surface area contributed by atoms with Gasteiger partial charge in [0.2, 0.25) is 0 Å². The van der Waals surface area contributed by atoms with Crippen LogP contribution >= 0.6 is 11.6 Å². The highest BCUT2D eigenvalue weighted by molar-refractivity contribution is 6.30. The maximum Gasteiger partial charge on any atom is 0.338 e. The topological polar surface area (TPSA) is 64.1 Å². The second-order valence-electron chi connectivity index (χ2n) is 6.34. The molecule has 3 rings (SSSR count). The first-order chi connectivity index (χ1) is 12.4. The van der Waals surface area contributed by atoms with Gasteiger partial charge in [-0.05, 0) is 45.0 Å². The Balaban J connectivity index is 1.93. The van der Waals surface area contributed by atoms with E-state index in [1.54, 1.807) is 43.5 Å². The molecule has 0 saturated heterocycles. The number of ether oxygens (including phenoxy) is 1. The maximum absolute atomic E-state index is 12.3. The molecule has 0 spiro atoms. The van der Waals surface area contributed by atoms with Gasteiger partial charge in [0.1, 0.15) is 17.1 Å². The lowest BCUT2D eigenvalue weighted by molar-refractivity contribution is 0.0330. The summed E-state index contributed by atoms with van der Waals surface area (Å²) < 4.78 is 5.58. The van der Waals surface area contributed by atoms with Crippen LogP contribution in [0.1, 0.15) is 42.9 Å². The Kier molecular flexibility index (Phi) is 5.38. The number of fused-ring (bicyclic) bond motifs is 1. The summed E-state index contributed by atoms with van der Waals surface area (Å²) in [5, 5.41) is 5.48. The summed E-state index contributed by atoms with van der Waals surface area (Å²) in [5.74, 6) is 0.312. The zero-order valence-electron chi connectivity index (χ0n) is 14.9. The van der Waals surface area contributed by atoms with E-state index in [1.165, 1.54) is 0 Å². The average Bonchev–Trinajstić information content (AvgIpc) is 2.62. The minimum Gasteiger partial charge on any atom is -0.453 e. The summed E-state index contributed by atoms with van der Waals surface area (Å²) in [4.78, 5) is 21.1. The van der Waals surface area contributed by atoms with Gasteiger partial charge in [-0.3, -0.25) is 0 Å². The molecule has 0 saturated carbocycles. The van der Waals surface area contributed by atoms with Crippen molar-refractivity contribution in [2.75, 3.05) is 5.32 Å². The van der Waals surface area contributed by atoms with E-state index in [0.717, 1.165) is 10.8 Å². The van der Waals surface area contributed by atoms with Crippen LogP contribution in [0.3, 0.4) is 0 Å². The smallest absolute Gasteiger partial charge is 0.338 e. The SMILES string of the molecule is CC(C)Nc1nc(C(C)OC(=O)c2ccccc2)cc2cnc(Cl)cc12. The van der Waals surface area contributed by atoms with Gasteiger partial charge in [0.15, 0.2) is 0 Å². The van der Waals surface area contributed by atoms with E-state index >= 15 is 0 Å². The fourth-order valence-corrected chi connectivity index (χ4v) is 2.75. The molecular formula is C20H20ClN3O2. The number of nitrogens with one attached hydrogen (secondary N) is 1. The lowest BCUT2D eigenvalue weighted by Crippen LogP contribution is -2.14. The molecule has 0 aliphatic rings. The highest BCUT2D eigenvalue weighted by Gasteiger charge is 2.17. The van der Waals surface area contributed by atoms with Gasteiger partial charge < -0.3 is 10.1 Å². The van der Waals surface area contributed by atoms with Gasteiger partial charge in [-0.15, -0.1) is 0 Å². The van der Waals surface area contributed by atoms with Gasteiger partial charge >= 0.3 is 5.97 Å². The number of esters is 1. The average molecular weight is 370 g/mol. The number of hydrogen-bond donors (Lipinski definition) is 1. The number of hydrogen-bond acceptors (Lipinski definition) is 5. The molecule has 2 aromatic heterocycles. The fraction of sp³-hybridized carbons (Fsp3) is 0.250. The molecule has 1 unspecified atom stereocenters. The number of rotatable bonds is 5. The second kappa shape index (κ2) is 7.70. The lowest BCUT2D eigenvalue weighted by Gasteiger charge is -2.17. The second-order valence-corrected chi connectivity index (χ2v) is 6.72. The van der Waals surface area contributed by atoms with Crippen molar-refractivity contribution in [3.8, 4) is 0 Å². The number of nitrogens with zero attached hydrogens (tertiary/aromatic N) is 2. The van der Waals surface area contributed by atoms with Crippen LogP contribution < -0.4 is 5.32 Å². The Labute approximate surface area is 157 Å². The van der Waals surface area contributed by atoms with E-state index < -0.39 is 6.10 Å². The van der Waals surface area contributed by atoms with E-state index in [9.17, 15) is 4.79 Å². The number of carbonyl (C=O) groups excluding carboxylic acids is 1. The van der Waals surface area contributed by atoms with Crippen molar-refractivity contribution in [1.29, 1.82) is 0 Å². The highest BCUT2D eigenvalue weighted by Crippen LogP contribution is 2.28. The molecule has 134 valence electrons. The van der Waals surface area contributed by atoms with E-state index in [4.69, 9.17) is 16.3 Å². The molecule has 5 nitrogen and oxygen atoms in total. The van der Waals surface area contributed by atoms with E-state index in [0.29, 0.717) is 22.2 Å². The van der Waals surface area contributed by atoms with E-state index in [1.807, 2.05) is 26.0 Å². The van der Waals surface area contributed by atoms with Crippen molar-refractivity contribution in [2.24, 2.45) is 0 Å². The molecule has 26 heavy (non-hydrogen) atoms. The molecule has 0 aliphatic carbocycles. The summed E-state index contributed by atoms with van der Waals surface area (Å²) >= 11 is 6.03. The molecule has 0 amide bonds. The van der Waals surface area contributed by atoms with Crippen molar-refractivity contribution in [2.45, 2.75) is 32.9 Å². The monoisotopic (exact) mass is 369 g/mol. The third-order valence-corrected chi connectivity index (χ3v) is 4.04.